The largest absolute Gasteiger partial charge is 0.462 e. The summed E-state index contributed by atoms with van der Waals surface area (Å²) < 4.78 is 16.7. The van der Waals surface area contributed by atoms with Crippen molar-refractivity contribution in [2.45, 2.75) is 278 Å². The van der Waals surface area contributed by atoms with Crippen molar-refractivity contribution in [3.8, 4) is 0 Å². The number of ether oxygens (including phenoxy) is 3. The molecule has 0 saturated heterocycles. The number of rotatable bonds is 44. The van der Waals surface area contributed by atoms with Gasteiger partial charge in [-0.05, 0) is 25.2 Å². The zero-order valence-corrected chi connectivity index (χ0v) is 37.4. The van der Waals surface area contributed by atoms with Crippen LogP contribution in [0.1, 0.15) is 272 Å². The molecule has 326 valence electrons. The predicted molar refractivity (Wildman–Crippen MR) is 233 cm³/mol. The van der Waals surface area contributed by atoms with E-state index in [2.05, 4.69) is 27.7 Å². The molecule has 6 nitrogen and oxygen atoms in total. The van der Waals surface area contributed by atoms with Crippen LogP contribution >= 0.6 is 0 Å². The predicted octanol–water partition coefficient (Wildman–Crippen LogP) is 15.5. The van der Waals surface area contributed by atoms with Crippen molar-refractivity contribution in [1.82, 2.24) is 0 Å². The van der Waals surface area contributed by atoms with Crippen LogP contribution in [0.5, 0.6) is 0 Å². The van der Waals surface area contributed by atoms with Crippen LogP contribution in [0.15, 0.2) is 0 Å². The van der Waals surface area contributed by atoms with Gasteiger partial charge >= 0.3 is 17.9 Å². The number of hydrogen-bond acceptors (Lipinski definition) is 6. The van der Waals surface area contributed by atoms with Crippen molar-refractivity contribution in [3.63, 3.8) is 0 Å². The fourth-order valence-corrected chi connectivity index (χ4v) is 7.33. The monoisotopic (exact) mass is 779 g/mol. The molecule has 0 aliphatic heterocycles. The van der Waals surface area contributed by atoms with Crippen molar-refractivity contribution < 1.29 is 28.6 Å². The summed E-state index contributed by atoms with van der Waals surface area (Å²) in [6.07, 6.45) is 43.8. The molecule has 0 aliphatic carbocycles. The first kappa shape index (κ1) is 53.4. The van der Waals surface area contributed by atoms with E-state index >= 15 is 0 Å². The minimum atomic E-state index is -0.758. The minimum absolute atomic E-state index is 0.0637. The highest BCUT2D eigenvalue weighted by molar-refractivity contribution is 5.71. The van der Waals surface area contributed by atoms with E-state index in [1.165, 1.54) is 167 Å². The average molecular weight is 779 g/mol. The molecule has 0 rings (SSSR count). The van der Waals surface area contributed by atoms with Crippen LogP contribution in [0.25, 0.3) is 0 Å². The molecule has 0 fully saturated rings. The summed E-state index contributed by atoms with van der Waals surface area (Å²) in [6.45, 7) is 8.98. The van der Waals surface area contributed by atoms with Crippen LogP contribution in [0.2, 0.25) is 0 Å². The van der Waals surface area contributed by atoms with Crippen LogP contribution in [-0.2, 0) is 28.6 Å². The van der Waals surface area contributed by atoms with E-state index in [9.17, 15) is 14.4 Å². The second-order valence-corrected chi connectivity index (χ2v) is 17.2. The Hall–Kier alpha value is -1.59. The number of unbranched alkanes of at least 4 members (excludes halogenated alkanes) is 31. The Balaban J connectivity index is 4.19. The zero-order chi connectivity index (χ0) is 40.3. The van der Waals surface area contributed by atoms with Gasteiger partial charge in [0.1, 0.15) is 13.2 Å². The lowest BCUT2D eigenvalue weighted by atomic mass is 10.0. The molecule has 1 atom stereocenters. The summed E-state index contributed by atoms with van der Waals surface area (Å²) in [7, 11) is 0. The van der Waals surface area contributed by atoms with Gasteiger partial charge in [-0.1, -0.05) is 233 Å². The Morgan fingerprint density at radius 1 is 0.345 bits per heavy atom. The Labute approximate surface area is 342 Å². The molecule has 0 aromatic rings. The smallest absolute Gasteiger partial charge is 0.306 e. The topological polar surface area (TPSA) is 78.9 Å². The summed E-state index contributed by atoms with van der Waals surface area (Å²) in [4.78, 5) is 37.7. The maximum absolute atomic E-state index is 12.6. The van der Waals surface area contributed by atoms with Gasteiger partial charge in [-0.15, -0.1) is 0 Å². The lowest BCUT2D eigenvalue weighted by molar-refractivity contribution is -0.167. The van der Waals surface area contributed by atoms with E-state index < -0.39 is 6.10 Å². The first-order valence-electron chi connectivity index (χ1n) is 24.4. The summed E-state index contributed by atoms with van der Waals surface area (Å²) in [5.74, 6) is -0.0156. The van der Waals surface area contributed by atoms with Gasteiger partial charge in [0.25, 0.3) is 0 Å². The number of carbonyl (C=O) groups excluding carboxylic acids is 3. The Morgan fingerprint density at radius 3 is 0.891 bits per heavy atom. The lowest BCUT2D eigenvalue weighted by Gasteiger charge is -2.18. The molecule has 6 heteroatoms. The van der Waals surface area contributed by atoms with Gasteiger partial charge in [0.2, 0.25) is 0 Å². The molecular weight excluding hydrogens is 685 g/mol. The fourth-order valence-electron chi connectivity index (χ4n) is 7.33. The second-order valence-electron chi connectivity index (χ2n) is 17.2. The van der Waals surface area contributed by atoms with E-state index in [4.69, 9.17) is 14.2 Å². The third-order valence-corrected chi connectivity index (χ3v) is 11.0. The molecule has 0 bridgehead atoms. The first-order valence-corrected chi connectivity index (χ1v) is 24.4. The van der Waals surface area contributed by atoms with Gasteiger partial charge in [-0.2, -0.15) is 0 Å². The highest BCUT2D eigenvalue weighted by atomic mass is 16.6. The van der Waals surface area contributed by atoms with E-state index in [0.29, 0.717) is 19.3 Å². The molecule has 0 amide bonds. The third-order valence-electron chi connectivity index (χ3n) is 11.0. The van der Waals surface area contributed by atoms with E-state index in [1.54, 1.807) is 0 Å². The summed E-state index contributed by atoms with van der Waals surface area (Å²) in [5.41, 5.74) is 0. The summed E-state index contributed by atoms with van der Waals surface area (Å²) in [6, 6.07) is 0. The molecule has 0 saturated carbocycles. The molecule has 0 heterocycles. The van der Waals surface area contributed by atoms with Crippen LogP contribution in [-0.4, -0.2) is 37.2 Å². The Kier molecular flexibility index (Phi) is 42.3. The fraction of sp³-hybridized carbons (Fsp3) is 0.939. The summed E-state index contributed by atoms with van der Waals surface area (Å²) in [5, 5.41) is 0. The van der Waals surface area contributed by atoms with Gasteiger partial charge in [-0.25, -0.2) is 0 Å². The maximum Gasteiger partial charge on any atom is 0.306 e. The van der Waals surface area contributed by atoms with E-state index in [1.807, 2.05) is 0 Å². The van der Waals surface area contributed by atoms with Gasteiger partial charge in [0, 0.05) is 19.3 Å². The minimum Gasteiger partial charge on any atom is -0.462 e. The molecule has 0 aromatic heterocycles. The summed E-state index contributed by atoms with van der Waals surface area (Å²) >= 11 is 0. The van der Waals surface area contributed by atoms with Crippen LogP contribution in [0.4, 0.5) is 0 Å². The van der Waals surface area contributed by atoms with Crippen molar-refractivity contribution in [2.75, 3.05) is 13.2 Å². The normalized spacial score (nSPS) is 11.9. The van der Waals surface area contributed by atoms with Gasteiger partial charge in [0.05, 0.1) is 0 Å². The standard InChI is InChI=1S/C49H94O6/c1-5-7-9-11-13-14-15-16-19-22-25-29-32-36-40-47(50)53-43-46(55-49(52)42-38-34-27-12-10-8-6-2)44-54-48(51)41-37-33-30-26-23-20-17-18-21-24-28-31-35-39-45(3)4/h45-46H,5-44H2,1-4H3/t46-/m0/s1. The van der Waals surface area contributed by atoms with E-state index in [0.717, 1.165) is 63.7 Å². The van der Waals surface area contributed by atoms with Crippen molar-refractivity contribution in [1.29, 1.82) is 0 Å². The van der Waals surface area contributed by atoms with Crippen LogP contribution in [0, 0.1) is 5.92 Å². The van der Waals surface area contributed by atoms with E-state index in [-0.39, 0.29) is 31.1 Å². The quantitative estimate of drug-likeness (QED) is 0.0348. The molecule has 55 heavy (non-hydrogen) atoms. The van der Waals surface area contributed by atoms with Crippen molar-refractivity contribution in [2.24, 2.45) is 5.92 Å². The molecule has 0 spiro atoms. The molecular formula is C49H94O6. The highest BCUT2D eigenvalue weighted by Gasteiger charge is 2.19. The Bertz CT molecular complexity index is 826. The first-order chi connectivity index (χ1) is 26.9. The van der Waals surface area contributed by atoms with Crippen molar-refractivity contribution >= 4 is 17.9 Å². The molecule has 0 N–H and O–H groups in total. The number of hydrogen-bond donors (Lipinski definition) is 0. The number of esters is 3. The Morgan fingerprint density at radius 2 is 0.600 bits per heavy atom. The maximum atomic E-state index is 12.6. The highest BCUT2D eigenvalue weighted by Crippen LogP contribution is 2.17. The SMILES string of the molecule is CCCCCCCCCCCCCCCCC(=O)OC[C@@H](COC(=O)CCCCCCCCCCCCCCCC(C)C)OC(=O)CCCCCCCCC. The molecule has 0 radical (unpaired) electrons. The van der Waals surface area contributed by atoms with Gasteiger partial charge in [-0.3, -0.25) is 14.4 Å². The lowest BCUT2D eigenvalue weighted by Crippen LogP contribution is -2.30. The zero-order valence-electron chi connectivity index (χ0n) is 37.4. The van der Waals surface area contributed by atoms with Crippen molar-refractivity contribution in [3.05, 3.63) is 0 Å². The second kappa shape index (κ2) is 43.5. The van der Waals surface area contributed by atoms with Crippen LogP contribution in [0.3, 0.4) is 0 Å². The average Bonchev–Trinajstić information content (AvgIpc) is 3.17. The number of carbonyl (C=O) groups is 3. The van der Waals surface area contributed by atoms with Crippen LogP contribution < -0.4 is 0 Å². The van der Waals surface area contributed by atoms with Gasteiger partial charge in [0.15, 0.2) is 6.10 Å². The molecule has 0 aromatic carbocycles. The molecule has 0 aliphatic rings. The van der Waals surface area contributed by atoms with Gasteiger partial charge < -0.3 is 14.2 Å². The third kappa shape index (κ3) is 43.4. The molecule has 0 unspecified atom stereocenters.